The van der Waals surface area contributed by atoms with E-state index in [1.54, 1.807) is 19.2 Å². The number of nitrogens with one attached hydrogen (secondary N) is 2. The molecule has 1 aliphatic carbocycles. The van der Waals surface area contributed by atoms with Gasteiger partial charge >= 0.3 is 0 Å². The number of hydrogen-bond donors (Lipinski definition) is 2. The first kappa shape index (κ1) is 21.8. The molecule has 2 amide bonds. The number of carbonyl (C=O) groups is 2. The maximum Gasteiger partial charge on any atom is 0.230 e. The third kappa shape index (κ3) is 5.38. The minimum atomic E-state index is -0.532. The molecule has 0 spiro atoms. The minimum absolute atomic E-state index is 0.00625. The smallest absolute Gasteiger partial charge is 0.230 e. The molecule has 0 saturated heterocycles. The summed E-state index contributed by atoms with van der Waals surface area (Å²) in [5, 5.41) is 5.79. The number of benzene rings is 2. The molecule has 0 unspecified atom stereocenters. The predicted octanol–water partition coefficient (Wildman–Crippen LogP) is 3.51. The van der Waals surface area contributed by atoms with Gasteiger partial charge < -0.3 is 15.4 Å². The van der Waals surface area contributed by atoms with Crippen LogP contribution in [0, 0.1) is 5.82 Å². The highest BCUT2D eigenvalue weighted by atomic mass is 19.1. The number of halogens is 1. The van der Waals surface area contributed by atoms with E-state index in [2.05, 4.69) is 10.6 Å². The molecular formula is C24H29FN2O3. The average Bonchev–Trinajstić information content (AvgIpc) is 2.77. The molecule has 0 heterocycles. The van der Waals surface area contributed by atoms with Crippen LogP contribution in [0.15, 0.2) is 48.5 Å². The summed E-state index contributed by atoms with van der Waals surface area (Å²) in [4.78, 5) is 25.2. The zero-order chi connectivity index (χ0) is 21.4. The van der Waals surface area contributed by atoms with Gasteiger partial charge in [-0.25, -0.2) is 4.39 Å². The van der Waals surface area contributed by atoms with E-state index in [0.29, 0.717) is 18.7 Å². The van der Waals surface area contributed by atoms with Gasteiger partial charge in [-0.15, -0.1) is 0 Å². The number of methoxy groups -OCH3 is 1. The second kappa shape index (κ2) is 10.2. The largest absolute Gasteiger partial charge is 0.497 e. The lowest BCUT2D eigenvalue weighted by Crippen LogP contribution is -2.47. The lowest BCUT2D eigenvalue weighted by atomic mass is 9.68. The molecule has 0 aromatic heterocycles. The molecule has 0 radical (unpaired) electrons. The van der Waals surface area contributed by atoms with Crippen molar-refractivity contribution in [1.29, 1.82) is 0 Å². The van der Waals surface area contributed by atoms with Crippen molar-refractivity contribution in [1.82, 2.24) is 10.6 Å². The normalized spacial score (nSPS) is 15.3. The summed E-state index contributed by atoms with van der Waals surface area (Å²) in [6, 6.07) is 13.7. The van der Waals surface area contributed by atoms with Gasteiger partial charge in [-0.1, -0.05) is 43.5 Å². The van der Waals surface area contributed by atoms with Gasteiger partial charge in [0.1, 0.15) is 11.6 Å². The summed E-state index contributed by atoms with van der Waals surface area (Å²) in [6.45, 7) is 0.685. The van der Waals surface area contributed by atoms with Crippen LogP contribution in [0.2, 0.25) is 0 Å². The minimum Gasteiger partial charge on any atom is -0.497 e. The molecule has 3 rings (SSSR count). The first-order valence-electron chi connectivity index (χ1n) is 10.5. The van der Waals surface area contributed by atoms with Gasteiger partial charge in [-0.05, 0) is 48.2 Å². The molecule has 2 aromatic carbocycles. The SMILES string of the molecule is COc1ccc(C2(C(=O)NCCNC(=O)Cc3cccc(F)c3)CCCCC2)cc1. The van der Waals surface area contributed by atoms with Crippen molar-refractivity contribution in [3.05, 3.63) is 65.5 Å². The molecule has 0 aliphatic heterocycles. The highest BCUT2D eigenvalue weighted by molar-refractivity contribution is 5.88. The van der Waals surface area contributed by atoms with Crippen molar-refractivity contribution < 1.29 is 18.7 Å². The van der Waals surface area contributed by atoms with Crippen LogP contribution < -0.4 is 15.4 Å². The van der Waals surface area contributed by atoms with Crippen LogP contribution in [0.1, 0.15) is 43.2 Å². The lowest BCUT2D eigenvalue weighted by molar-refractivity contribution is -0.128. The van der Waals surface area contributed by atoms with Crippen molar-refractivity contribution in [2.24, 2.45) is 0 Å². The maximum absolute atomic E-state index is 13.2. The lowest BCUT2D eigenvalue weighted by Gasteiger charge is -2.36. The van der Waals surface area contributed by atoms with Gasteiger partial charge in [0, 0.05) is 13.1 Å². The van der Waals surface area contributed by atoms with Crippen LogP contribution in [-0.2, 0) is 21.4 Å². The Balaban J connectivity index is 1.54. The van der Waals surface area contributed by atoms with Crippen LogP contribution >= 0.6 is 0 Å². The Bertz CT molecular complexity index is 861. The van der Waals surface area contributed by atoms with Crippen LogP contribution in [0.5, 0.6) is 5.75 Å². The first-order chi connectivity index (χ1) is 14.5. The number of ether oxygens (including phenoxy) is 1. The second-order valence-electron chi connectivity index (χ2n) is 7.78. The van der Waals surface area contributed by atoms with Gasteiger partial charge in [0.25, 0.3) is 0 Å². The van der Waals surface area contributed by atoms with Gasteiger partial charge in [-0.3, -0.25) is 9.59 Å². The molecule has 2 N–H and O–H groups in total. The molecule has 6 heteroatoms. The van der Waals surface area contributed by atoms with E-state index < -0.39 is 5.41 Å². The van der Waals surface area contributed by atoms with E-state index in [1.807, 2.05) is 24.3 Å². The standard InChI is InChI=1S/C24H29FN2O3/c1-30-21-10-8-19(9-11-21)24(12-3-2-4-13-24)23(29)27-15-14-26-22(28)17-18-6-5-7-20(25)16-18/h5-11,16H,2-4,12-15,17H2,1H3,(H,26,28)(H,27,29). The topological polar surface area (TPSA) is 67.4 Å². The number of amides is 2. The third-order valence-corrected chi connectivity index (χ3v) is 5.77. The van der Waals surface area contributed by atoms with Crippen molar-refractivity contribution >= 4 is 11.8 Å². The molecular weight excluding hydrogens is 383 g/mol. The van der Waals surface area contributed by atoms with E-state index >= 15 is 0 Å². The zero-order valence-corrected chi connectivity index (χ0v) is 17.4. The molecule has 1 saturated carbocycles. The fraction of sp³-hybridized carbons (Fsp3) is 0.417. The Morgan fingerprint density at radius 2 is 1.70 bits per heavy atom. The summed E-state index contributed by atoms with van der Waals surface area (Å²) in [5.74, 6) is 0.221. The van der Waals surface area contributed by atoms with Crippen LogP contribution in [0.3, 0.4) is 0 Å². The van der Waals surface area contributed by atoms with Crippen LogP contribution in [-0.4, -0.2) is 32.0 Å². The average molecular weight is 413 g/mol. The van der Waals surface area contributed by atoms with Crippen LogP contribution in [0.4, 0.5) is 4.39 Å². The van der Waals surface area contributed by atoms with E-state index in [-0.39, 0.29) is 24.1 Å². The Labute approximate surface area is 177 Å². The van der Waals surface area contributed by atoms with E-state index in [0.717, 1.165) is 43.4 Å². The molecule has 1 aliphatic rings. The summed E-state index contributed by atoms with van der Waals surface area (Å²) in [6.07, 6.45) is 4.92. The molecule has 0 bridgehead atoms. The van der Waals surface area contributed by atoms with E-state index in [4.69, 9.17) is 4.74 Å². The maximum atomic E-state index is 13.2. The summed E-state index contributed by atoms with van der Waals surface area (Å²) in [7, 11) is 1.63. The number of rotatable bonds is 8. The quantitative estimate of drug-likeness (QED) is 0.652. The summed E-state index contributed by atoms with van der Waals surface area (Å²) < 4.78 is 18.5. The Hall–Kier alpha value is -2.89. The molecule has 0 atom stereocenters. The molecule has 1 fully saturated rings. The highest BCUT2D eigenvalue weighted by Gasteiger charge is 2.40. The highest BCUT2D eigenvalue weighted by Crippen LogP contribution is 2.40. The molecule has 5 nitrogen and oxygen atoms in total. The Kier molecular flexibility index (Phi) is 7.44. The fourth-order valence-electron chi connectivity index (χ4n) is 4.15. The van der Waals surface area contributed by atoms with Gasteiger partial charge in [0.15, 0.2) is 0 Å². The van der Waals surface area contributed by atoms with Gasteiger partial charge in [-0.2, -0.15) is 0 Å². The molecule has 160 valence electrons. The van der Waals surface area contributed by atoms with Crippen molar-refractivity contribution in [3.8, 4) is 5.75 Å². The number of carbonyl (C=O) groups excluding carboxylic acids is 2. The fourth-order valence-corrected chi connectivity index (χ4v) is 4.15. The van der Waals surface area contributed by atoms with Gasteiger partial charge in [0.2, 0.25) is 11.8 Å². The monoisotopic (exact) mass is 412 g/mol. The summed E-state index contributed by atoms with van der Waals surface area (Å²) in [5.41, 5.74) is 1.10. The molecule has 30 heavy (non-hydrogen) atoms. The zero-order valence-electron chi connectivity index (χ0n) is 17.4. The Morgan fingerprint density at radius 3 is 2.37 bits per heavy atom. The second-order valence-corrected chi connectivity index (χ2v) is 7.78. The van der Waals surface area contributed by atoms with Gasteiger partial charge in [0.05, 0.1) is 18.9 Å². The Morgan fingerprint density at radius 1 is 1.00 bits per heavy atom. The summed E-state index contributed by atoms with van der Waals surface area (Å²) >= 11 is 0. The number of hydrogen-bond acceptors (Lipinski definition) is 3. The first-order valence-corrected chi connectivity index (χ1v) is 10.5. The van der Waals surface area contributed by atoms with Crippen molar-refractivity contribution in [2.45, 2.75) is 43.9 Å². The van der Waals surface area contributed by atoms with Crippen LogP contribution in [0.25, 0.3) is 0 Å². The predicted molar refractivity (Wildman–Crippen MR) is 114 cm³/mol. The molecule has 2 aromatic rings. The van der Waals surface area contributed by atoms with E-state index in [9.17, 15) is 14.0 Å². The third-order valence-electron chi connectivity index (χ3n) is 5.77. The van der Waals surface area contributed by atoms with Crippen molar-refractivity contribution in [2.75, 3.05) is 20.2 Å². The van der Waals surface area contributed by atoms with Crippen molar-refractivity contribution in [3.63, 3.8) is 0 Å². The van der Waals surface area contributed by atoms with E-state index in [1.165, 1.54) is 12.1 Å².